The zero-order valence-corrected chi connectivity index (χ0v) is 23.5. The number of nitrogens with zero attached hydrogens (tertiary/aromatic N) is 4. The van der Waals surface area contributed by atoms with Crippen molar-refractivity contribution < 1.29 is 14.1 Å². The van der Waals surface area contributed by atoms with Crippen molar-refractivity contribution in [3.63, 3.8) is 0 Å². The second-order valence-corrected chi connectivity index (χ2v) is 17.1. The molecule has 3 aromatic heterocycles. The minimum Gasteiger partial charge on any atom is -0.361 e. The number of benzene rings is 1. The number of nitrogens with one attached hydrogen (secondary N) is 1. The van der Waals surface area contributed by atoms with Gasteiger partial charge in [-0.25, -0.2) is 4.98 Å². The highest BCUT2D eigenvalue weighted by molar-refractivity contribution is 6.76. The molecule has 0 spiro atoms. The third-order valence-corrected chi connectivity index (χ3v) is 9.00. The van der Waals surface area contributed by atoms with Crippen LogP contribution in [-0.2, 0) is 18.0 Å². The Morgan fingerprint density at radius 2 is 2.08 bits per heavy atom. The van der Waals surface area contributed by atoms with Gasteiger partial charge >= 0.3 is 0 Å². The quantitative estimate of drug-likeness (QED) is 0.214. The molecular formula is C28H37N5O3Si. The number of rotatable bonds is 9. The third-order valence-electron chi connectivity index (χ3n) is 7.30. The van der Waals surface area contributed by atoms with E-state index in [1.807, 2.05) is 25.3 Å². The van der Waals surface area contributed by atoms with Crippen LogP contribution in [0.5, 0.6) is 0 Å². The Labute approximate surface area is 219 Å². The molecule has 1 aliphatic heterocycles. The van der Waals surface area contributed by atoms with Gasteiger partial charge in [-0.15, -0.1) is 0 Å². The standard InChI is InChI=1S/C28H37N5O3Si/c1-19-7-6-10-32(19)17-23-13-22-16-29-27(15-25(22)33(23)18-35-11-12-37(3,4)5)30-28(34)21-8-9-24-20(2)31-36-26(24)14-21/h8-9,13-16,19H,6-7,10-12,17-18H2,1-5H3,(H,29,30,34)/t19-/m0/s1. The van der Waals surface area contributed by atoms with Gasteiger partial charge in [0.1, 0.15) is 12.5 Å². The van der Waals surface area contributed by atoms with Gasteiger partial charge in [-0.1, -0.05) is 24.8 Å². The minimum atomic E-state index is -1.17. The van der Waals surface area contributed by atoms with Crippen molar-refractivity contribution in [2.45, 2.75) is 71.7 Å². The van der Waals surface area contributed by atoms with Gasteiger partial charge in [0.05, 0.1) is 11.2 Å². The number of aromatic nitrogens is 3. The Morgan fingerprint density at radius 1 is 1.24 bits per heavy atom. The van der Waals surface area contributed by atoms with E-state index in [4.69, 9.17) is 9.26 Å². The highest BCUT2D eigenvalue weighted by atomic mass is 28.3. The average molecular weight is 520 g/mol. The third kappa shape index (κ3) is 5.79. The Balaban J connectivity index is 1.39. The number of amides is 1. The number of aryl methyl sites for hydroxylation is 1. The number of ether oxygens (including phenoxy) is 1. The Kier molecular flexibility index (Phi) is 7.20. The smallest absolute Gasteiger partial charge is 0.256 e. The van der Waals surface area contributed by atoms with Gasteiger partial charge in [0.25, 0.3) is 5.91 Å². The molecule has 0 aliphatic carbocycles. The number of likely N-dealkylation sites (tertiary alicyclic amines) is 1. The summed E-state index contributed by atoms with van der Waals surface area (Å²) in [5.74, 6) is 0.271. The van der Waals surface area contributed by atoms with Gasteiger partial charge in [-0.05, 0) is 63.5 Å². The van der Waals surface area contributed by atoms with Crippen molar-refractivity contribution in [3.8, 4) is 0 Å². The summed E-state index contributed by atoms with van der Waals surface area (Å²) < 4.78 is 13.8. The van der Waals surface area contributed by atoms with Crippen LogP contribution in [0.3, 0.4) is 0 Å². The molecule has 1 fully saturated rings. The van der Waals surface area contributed by atoms with Crippen LogP contribution in [-0.4, -0.2) is 52.8 Å². The van der Waals surface area contributed by atoms with E-state index in [0.29, 0.717) is 29.7 Å². The van der Waals surface area contributed by atoms with Crippen LogP contribution < -0.4 is 5.32 Å². The van der Waals surface area contributed by atoms with Crippen LogP contribution in [0, 0.1) is 6.92 Å². The molecule has 1 amide bonds. The molecule has 1 atom stereocenters. The summed E-state index contributed by atoms with van der Waals surface area (Å²) in [6.07, 6.45) is 4.32. The molecule has 4 aromatic rings. The van der Waals surface area contributed by atoms with Gasteiger partial charge in [0.2, 0.25) is 0 Å². The molecular weight excluding hydrogens is 482 g/mol. The van der Waals surface area contributed by atoms with Crippen LogP contribution in [0.2, 0.25) is 25.7 Å². The van der Waals surface area contributed by atoms with Gasteiger partial charge in [-0.2, -0.15) is 0 Å². The molecule has 0 radical (unpaired) electrons. The monoisotopic (exact) mass is 519 g/mol. The Morgan fingerprint density at radius 3 is 2.84 bits per heavy atom. The maximum atomic E-state index is 13.0. The SMILES string of the molecule is Cc1noc2cc(C(=O)Nc3cc4c(cn3)cc(CN3CCC[C@@H]3C)n4COCC[Si](C)(C)C)ccc12. The number of hydrogen-bond acceptors (Lipinski definition) is 6. The number of pyridine rings is 1. The molecule has 1 saturated heterocycles. The predicted molar refractivity (Wildman–Crippen MR) is 150 cm³/mol. The first-order chi connectivity index (χ1) is 17.7. The normalized spacial score (nSPS) is 16.7. The lowest BCUT2D eigenvalue weighted by Crippen LogP contribution is -2.27. The number of anilines is 1. The summed E-state index contributed by atoms with van der Waals surface area (Å²) in [5.41, 5.74) is 4.13. The molecule has 0 unspecified atom stereocenters. The first-order valence-electron chi connectivity index (χ1n) is 13.2. The van der Waals surface area contributed by atoms with E-state index in [-0.39, 0.29) is 5.91 Å². The van der Waals surface area contributed by atoms with E-state index in [1.165, 1.54) is 18.5 Å². The number of carbonyl (C=O) groups excluding carboxylic acids is 1. The zero-order chi connectivity index (χ0) is 26.2. The Hall–Kier alpha value is -3.01. The van der Waals surface area contributed by atoms with Crippen molar-refractivity contribution in [3.05, 3.63) is 53.5 Å². The summed E-state index contributed by atoms with van der Waals surface area (Å²) in [6, 6.07) is 11.2. The van der Waals surface area contributed by atoms with Gasteiger partial charge in [0.15, 0.2) is 5.58 Å². The van der Waals surface area contributed by atoms with Crippen molar-refractivity contribution >= 4 is 41.7 Å². The van der Waals surface area contributed by atoms with Crippen LogP contribution in [0.25, 0.3) is 21.9 Å². The molecule has 37 heavy (non-hydrogen) atoms. The average Bonchev–Trinajstić information content (AvgIpc) is 3.53. The maximum absolute atomic E-state index is 13.0. The molecule has 1 aromatic carbocycles. The molecule has 1 N–H and O–H groups in total. The molecule has 0 bridgehead atoms. The van der Waals surface area contributed by atoms with E-state index in [9.17, 15) is 4.79 Å². The molecule has 1 aliphatic rings. The molecule has 196 valence electrons. The Bertz CT molecular complexity index is 1420. The fourth-order valence-electron chi connectivity index (χ4n) is 4.93. The largest absolute Gasteiger partial charge is 0.361 e. The number of fused-ring (bicyclic) bond motifs is 2. The summed E-state index contributed by atoms with van der Waals surface area (Å²) in [7, 11) is -1.17. The first-order valence-corrected chi connectivity index (χ1v) is 16.9. The summed E-state index contributed by atoms with van der Waals surface area (Å²) >= 11 is 0. The molecule has 4 heterocycles. The van der Waals surface area contributed by atoms with Crippen LogP contribution in [0.4, 0.5) is 5.82 Å². The van der Waals surface area contributed by atoms with Crippen molar-refractivity contribution in [1.29, 1.82) is 0 Å². The minimum absolute atomic E-state index is 0.238. The number of carbonyl (C=O) groups is 1. The van der Waals surface area contributed by atoms with Crippen molar-refractivity contribution in [1.82, 2.24) is 19.6 Å². The molecule has 9 heteroatoms. The molecule has 8 nitrogen and oxygen atoms in total. The van der Waals surface area contributed by atoms with E-state index in [1.54, 1.807) is 12.1 Å². The van der Waals surface area contributed by atoms with E-state index in [2.05, 4.69) is 57.6 Å². The van der Waals surface area contributed by atoms with Crippen molar-refractivity contribution in [2.75, 3.05) is 18.5 Å². The van der Waals surface area contributed by atoms with Crippen molar-refractivity contribution in [2.24, 2.45) is 0 Å². The highest BCUT2D eigenvalue weighted by Gasteiger charge is 2.23. The summed E-state index contributed by atoms with van der Waals surface area (Å²) in [6.45, 7) is 14.5. The second-order valence-electron chi connectivity index (χ2n) is 11.4. The summed E-state index contributed by atoms with van der Waals surface area (Å²) in [5, 5.41) is 8.88. The lowest BCUT2D eigenvalue weighted by molar-refractivity contribution is 0.0863. The highest BCUT2D eigenvalue weighted by Crippen LogP contribution is 2.27. The van der Waals surface area contributed by atoms with Gasteiger partial charge in [0, 0.05) is 61.6 Å². The predicted octanol–water partition coefficient (Wildman–Crippen LogP) is 6.03. The van der Waals surface area contributed by atoms with Gasteiger partial charge in [-0.3, -0.25) is 9.69 Å². The maximum Gasteiger partial charge on any atom is 0.256 e. The van der Waals surface area contributed by atoms with E-state index < -0.39 is 8.07 Å². The second kappa shape index (κ2) is 10.4. The zero-order valence-electron chi connectivity index (χ0n) is 22.5. The topological polar surface area (TPSA) is 85.4 Å². The fourth-order valence-corrected chi connectivity index (χ4v) is 5.68. The summed E-state index contributed by atoms with van der Waals surface area (Å²) in [4.78, 5) is 20.1. The van der Waals surface area contributed by atoms with E-state index >= 15 is 0 Å². The molecule has 0 saturated carbocycles. The fraction of sp³-hybridized carbons (Fsp3) is 0.464. The van der Waals surface area contributed by atoms with Crippen LogP contribution >= 0.6 is 0 Å². The molecule has 5 rings (SSSR count). The number of hydrogen-bond donors (Lipinski definition) is 1. The first kappa shape index (κ1) is 25.6. The van der Waals surface area contributed by atoms with Crippen LogP contribution in [0.15, 0.2) is 41.1 Å². The lowest BCUT2D eigenvalue weighted by atomic mass is 10.1. The van der Waals surface area contributed by atoms with E-state index in [0.717, 1.165) is 47.7 Å². The lowest BCUT2D eigenvalue weighted by Gasteiger charge is -2.22. The van der Waals surface area contributed by atoms with Gasteiger partial charge < -0.3 is 19.1 Å². The van der Waals surface area contributed by atoms with Crippen LogP contribution in [0.1, 0.15) is 41.5 Å².